The van der Waals surface area contributed by atoms with E-state index in [-0.39, 0.29) is 0 Å². The van der Waals surface area contributed by atoms with Gasteiger partial charge in [0.1, 0.15) is 0 Å². The Labute approximate surface area is 190 Å². The molecule has 0 atom stereocenters. The summed E-state index contributed by atoms with van der Waals surface area (Å²) in [5.41, 5.74) is 0. The highest BCUT2D eigenvalue weighted by Crippen LogP contribution is 2.43. The van der Waals surface area contributed by atoms with Crippen LogP contribution in [0.1, 0.15) is 84.0 Å². The number of unbranched alkanes of at least 4 members (excludes halogenated alkanes) is 2. The standard InChI is InChI=1S/C26H42F2O2Si/c1-2-3-4-6-20-9-13-22(14-10-20)23-15-11-21(12-16-23)17-31-25-8-5-7-24(29-18-27)26(25)30-19-28/h5,7-8,20-23H,2-4,6,9-19,31H2,1H3. The zero-order chi connectivity index (χ0) is 21.9. The van der Waals surface area contributed by atoms with Gasteiger partial charge in [-0.2, -0.15) is 0 Å². The van der Waals surface area contributed by atoms with Gasteiger partial charge in [0.25, 0.3) is 0 Å². The minimum atomic E-state index is -0.918. The molecule has 0 unspecified atom stereocenters. The lowest BCUT2D eigenvalue weighted by atomic mass is 9.69. The molecule has 2 saturated carbocycles. The number of hydrogen-bond acceptors (Lipinski definition) is 2. The molecule has 0 aromatic heterocycles. The number of hydrogen-bond donors (Lipinski definition) is 0. The molecule has 0 heterocycles. The van der Waals surface area contributed by atoms with E-state index in [0.29, 0.717) is 11.5 Å². The van der Waals surface area contributed by atoms with E-state index < -0.39 is 23.2 Å². The van der Waals surface area contributed by atoms with Crippen LogP contribution in [0.15, 0.2) is 18.2 Å². The summed E-state index contributed by atoms with van der Waals surface area (Å²) < 4.78 is 35.6. The van der Waals surface area contributed by atoms with E-state index in [0.717, 1.165) is 28.9 Å². The Morgan fingerprint density at radius 3 is 2.10 bits per heavy atom. The predicted molar refractivity (Wildman–Crippen MR) is 128 cm³/mol. The van der Waals surface area contributed by atoms with Gasteiger partial charge in [-0.3, -0.25) is 0 Å². The molecule has 176 valence electrons. The van der Waals surface area contributed by atoms with E-state index in [1.54, 1.807) is 6.07 Å². The second-order valence-corrected chi connectivity index (χ2v) is 11.7. The van der Waals surface area contributed by atoms with E-state index in [4.69, 9.17) is 9.47 Å². The Morgan fingerprint density at radius 2 is 1.48 bits per heavy atom. The smallest absolute Gasteiger partial charge is 0.228 e. The monoisotopic (exact) mass is 452 g/mol. The van der Waals surface area contributed by atoms with Crippen LogP contribution in [0.2, 0.25) is 6.04 Å². The van der Waals surface area contributed by atoms with E-state index in [9.17, 15) is 8.78 Å². The Morgan fingerprint density at radius 1 is 0.839 bits per heavy atom. The number of benzene rings is 1. The number of halogens is 2. The molecule has 0 radical (unpaired) electrons. The lowest BCUT2D eigenvalue weighted by Crippen LogP contribution is -2.27. The van der Waals surface area contributed by atoms with Crippen molar-refractivity contribution in [3.63, 3.8) is 0 Å². The molecule has 1 aromatic rings. The first kappa shape index (κ1) is 24.5. The van der Waals surface area contributed by atoms with Crippen molar-refractivity contribution in [2.45, 2.75) is 90.0 Å². The van der Waals surface area contributed by atoms with Crippen LogP contribution in [0.25, 0.3) is 0 Å². The maximum atomic E-state index is 12.8. The van der Waals surface area contributed by atoms with E-state index >= 15 is 0 Å². The first-order valence-corrected chi connectivity index (χ1v) is 14.4. The molecule has 3 rings (SSSR count). The van der Waals surface area contributed by atoms with Crippen molar-refractivity contribution < 1.29 is 18.3 Å². The summed E-state index contributed by atoms with van der Waals surface area (Å²) >= 11 is 0. The summed E-state index contributed by atoms with van der Waals surface area (Å²) in [6.07, 6.45) is 17.0. The largest absolute Gasteiger partial charge is 0.459 e. The molecule has 2 aliphatic rings. The molecular formula is C26H42F2O2Si. The van der Waals surface area contributed by atoms with Gasteiger partial charge in [0.15, 0.2) is 11.5 Å². The van der Waals surface area contributed by atoms with E-state index in [1.807, 2.05) is 12.1 Å². The van der Waals surface area contributed by atoms with Gasteiger partial charge in [-0.25, -0.2) is 8.78 Å². The molecular weight excluding hydrogens is 410 g/mol. The predicted octanol–water partition coefficient (Wildman–Crippen LogP) is 6.70. The van der Waals surface area contributed by atoms with Crippen LogP contribution in [0.4, 0.5) is 8.78 Å². The normalized spacial score (nSPS) is 26.9. The summed E-state index contributed by atoms with van der Waals surface area (Å²) in [7, 11) is -0.596. The van der Waals surface area contributed by atoms with E-state index in [2.05, 4.69) is 6.92 Å². The molecule has 5 heteroatoms. The molecule has 0 N–H and O–H groups in total. The lowest BCUT2D eigenvalue weighted by Gasteiger charge is -2.38. The van der Waals surface area contributed by atoms with Gasteiger partial charge >= 0.3 is 0 Å². The maximum Gasteiger partial charge on any atom is 0.228 e. The summed E-state index contributed by atoms with van der Waals surface area (Å²) in [5, 5.41) is 1.06. The summed E-state index contributed by atoms with van der Waals surface area (Å²) in [5.74, 6) is 4.47. The molecule has 2 fully saturated rings. The van der Waals surface area contributed by atoms with Crippen molar-refractivity contribution >= 4 is 14.7 Å². The third-order valence-electron chi connectivity index (χ3n) is 7.96. The van der Waals surface area contributed by atoms with Crippen LogP contribution in [0.3, 0.4) is 0 Å². The average molecular weight is 453 g/mol. The fourth-order valence-corrected chi connectivity index (χ4v) is 8.19. The third kappa shape index (κ3) is 7.47. The number of ether oxygens (including phenoxy) is 2. The Hall–Kier alpha value is -1.10. The zero-order valence-corrected chi connectivity index (χ0v) is 20.8. The summed E-state index contributed by atoms with van der Waals surface area (Å²) in [4.78, 5) is 0. The van der Waals surface area contributed by atoms with Crippen molar-refractivity contribution in [1.29, 1.82) is 0 Å². The van der Waals surface area contributed by atoms with Crippen molar-refractivity contribution in [2.75, 3.05) is 13.7 Å². The molecule has 0 saturated heterocycles. The van der Waals surface area contributed by atoms with Crippen LogP contribution < -0.4 is 14.7 Å². The number of para-hydroxylation sites is 1. The minimum absolute atomic E-state index is 0.333. The van der Waals surface area contributed by atoms with Gasteiger partial charge in [0.05, 0.1) is 9.52 Å². The summed E-state index contributed by atoms with van der Waals surface area (Å²) in [6.45, 7) is 0.475. The third-order valence-corrected chi connectivity index (χ3v) is 10.2. The highest BCUT2D eigenvalue weighted by atomic mass is 28.2. The molecule has 2 nitrogen and oxygen atoms in total. The van der Waals surface area contributed by atoms with Gasteiger partial charge in [-0.1, -0.05) is 76.5 Å². The van der Waals surface area contributed by atoms with Crippen molar-refractivity contribution in [2.24, 2.45) is 23.7 Å². The van der Waals surface area contributed by atoms with Gasteiger partial charge in [0.2, 0.25) is 13.7 Å². The quantitative estimate of drug-likeness (QED) is 0.259. The molecule has 2 aliphatic carbocycles. The van der Waals surface area contributed by atoms with Crippen LogP contribution >= 0.6 is 0 Å². The Bertz CT molecular complexity index is 626. The Kier molecular flexibility index (Phi) is 10.6. The lowest BCUT2D eigenvalue weighted by molar-refractivity contribution is 0.146. The van der Waals surface area contributed by atoms with Crippen molar-refractivity contribution in [1.82, 2.24) is 0 Å². The fraction of sp³-hybridized carbons (Fsp3) is 0.769. The van der Waals surface area contributed by atoms with Gasteiger partial charge < -0.3 is 9.47 Å². The van der Waals surface area contributed by atoms with Gasteiger partial charge in [0, 0.05) is 0 Å². The minimum Gasteiger partial charge on any atom is -0.459 e. The second-order valence-electron chi connectivity index (χ2n) is 9.85. The molecule has 0 spiro atoms. The first-order valence-electron chi connectivity index (χ1n) is 12.7. The fourth-order valence-electron chi connectivity index (χ4n) is 6.09. The first-order chi connectivity index (χ1) is 15.2. The van der Waals surface area contributed by atoms with Gasteiger partial charge in [-0.15, -0.1) is 0 Å². The zero-order valence-electron chi connectivity index (χ0n) is 19.4. The van der Waals surface area contributed by atoms with Crippen LogP contribution in [-0.2, 0) is 0 Å². The Balaban J connectivity index is 1.41. The SMILES string of the molecule is CCCCCC1CCC(C2CCC(C[SiH2]c3cccc(OCF)c3OCF)CC2)CC1. The number of rotatable bonds is 12. The molecule has 0 bridgehead atoms. The maximum absolute atomic E-state index is 12.8. The second kappa shape index (κ2) is 13.4. The molecule has 0 aliphatic heterocycles. The van der Waals surface area contributed by atoms with Crippen molar-refractivity contribution in [3.8, 4) is 11.5 Å². The van der Waals surface area contributed by atoms with Crippen LogP contribution in [0.5, 0.6) is 11.5 Å². The number of alkyl halides is 2. The molecule has 1 aromatic carbocycles. The molecule has 31 heavy (non-hydrogen) atoms. The van der Waals surface area contributed by atoms with E-state index in [1.165, 1.54) is 83.1 Å². The summed E-state index contributed by atoms with van der Waals surface area (Å²) in [6, 6.07) is 6.76. The van der Waals surface area contributed by atoms with Crippen molar-refractivity contribution in [3.05, 3.63) is 18.2 Å². The topological polar surface area (TPSA) is 18.5 Å². The van der Waals surface area contributed by atoms with Crippen LogP contribution in [-0.4, -0.2) is 23.2 Å². The average Bonchev–Trinajstić information content (AvgIpc) is 2.80. The molecule has 0 amide bonds. The van der Waals surface area contributed by atoms with Gasteiger partial charge in [-0.05, 0) is 60.6 Å². The highest BCUT2D eigenvalue weighted by molar-refractivity contribution is 6.54. The van der Waals surface area contributed by atoms with Crippen LogP contribution in [0, 0.1) is 23.7 Å². The highest BCUT2D eigenvalue weighted by Gasteiger charge is 2.30.